The van der Waals surface area contributed by atoms with E-state index in [1.807, 2.05) is 18.3 Å². The molecule has 1 aliphatic carbocycles. The van der Waals surface area contributed by atoms with E-state index in [9.17, 15) is 4.79 Å². The van der Waals surface area contributed by atoms with Crippen molar-refractivity contribution >= 4 is 34.4 Å². The van der Waals surface area contributed by atoms with E-state index in [1.54, 1.807) is 6.20 Å². The highest BCUT2D eigenvalue weighted by atomic mass is 16.2. The molecule has 3 aromatic rings. The van der Waals surface area contributed by atoms with E-state index >= 15 is 0 Å². The van der Waals surface area contributed by atoms with E-state index in [0.717, 1.165) is 68.6 Å². The number of anilines is 3. The first-order valence-electron chi connectivity index (χ1n) is 11.4. The Balaban J connectivity index is 1.31. The second-order valence-electron chi connectivity index (χ2n) is 8.77. The zero-order chi connectivity index (χ0) is 21.5. The van der Waals surface area contributed by atoms with E-state index in [1.165, 1.54) is 6.42 Å². The van der Waals surface area contributed by atoms with Crippen molar-refractivity contribution in [3.63, 3.8) is 0 Å². The number of fused-ring (bicyclic) bond motifs is 4. The Bertz CT molecular complexity index is 1140. The van der Waals surface area contributed by atoms with E-state index < -0.39 is 0 Å². The maximum Gasteiger partial charge on any atom is 0.282 e. The third kappa shape index (κ3) is 3.26. The molecule has 1 saturated carbocycles. The van der Waals surface area contributed by atoms with Gasteiger partial charge in [0.15, 0.2) is 0 Å². The van der Waals surface area contributed by atoms with Gasteiger partial charge in [-0.05, 0) is 43.9 Å². The van der Waals surface area contributed by atoms with Crippen molar-refractivity contribution in [2.24, 2.45) is 0 Å². The molecule has 5 heterocycles. The number of hydrogen-bond donors (Lipinski definition) is 4. The Morgan fingerprint density at radius 3 is 2.66 bits per heavy atom. The van der Waals surface area contributed by atoms with Crippen LogP contribution in [0, 0.1) is 0 Å². The summed E-state index contributed by atoms with van der Waals surface area (Å²) in [5, 5.41) is 7.45. The van der Waals surface area contributed by atoms with Gasteiger partial charge in [0.1, 0.15) is 22.8 Å². The fourth-order valence-electron chi connectivity index (χ4n) is 5.11. The third-order valence-electron chi connectivity index (χ3n) is 6.76. The number of hydrazine groups is 1. The van der Waals surface area contributed by atoms with Gasteiger partial charge in [0.2, 0.25) is 5.95 Å². The number of nitrogens with zero attached hydrogens (tertiary/aromatic N) is 5. The van der Waals surface area contributed by atoms with Gasteiger partial charge >= 0.3 is 0 Å². The summed E-state index contributed by atoms with van der Waals surface area (Å²) in [6.07, 6.45) is 9.00. The molecule has 3 aliphatic rings. The molecule has 166 valence electrons. The second-order valence-corrected chi connectivity index (χ2v) is 8.77. The minimum atomic E-state index is -0.335. The minimum absolute atomic E-state index is 0.140. The predicted molar refractivity (Wildman–Crippen MR) is 122 cm³/mol. The predicted octanol–water partition coefficient (Wildman–Crippen LogP) is 1.84. The molecule has 2 aliphatic heterocycles. The molecule has 10 heteroatoms. The van der Waals surface area contributed by atoms with Crippen LogP contribution in [0.1, 0.15) is 42.6 Å². The number of piperazine rings is 1. The van der Waals surface area contributed by atoms with Gasteiger partial charge in [0.05, 0.1) is 11.9 Å². The Kier molecular flexibility index (Phi) is 4.69. The number of rotatable bonds is 3. The minimum Gasteiger partial charge on any atom is -0.368 e. The summed E-state index contributed by atoms with van der Waals surface area (Å²) in [5.41, 5.74) is 8.32. The highest BCUT2D eigenvalue weighted by Gasteiger charge is 2.41. The molecule has 0 aromatic carbocycles. The average Bonchev–Trinajstić information content (AvgIpc) is 3.24. The number of nitrogens with one attached hydrogen (secondary N) is 4. The van der Waals surface area contributed by atoms with E-state index in [4.69, 9.17) is 4.98 Å². The summed E-state index contributed by atoms with van der Waals surface area (Å²) < 4.78 is 2.08. The van der Waals surface area contributed by atoms with Crippen LogP contribution in [0.2, 0.25) is 0 Å². The Morgan fingerprint density at radius 2 is 1.88 bits per heavy atom. The van der Waals surface area contributed by atoms with Crippen molar-refractivity contribution < 1.29 is 4.79 Å². The number of hydrogen-bond acceptors (Lipinski definition) is 8. The lowest BCUT2D eigenvalue weighted by atomic mass is 9.88. The largest absolute Gasteiger partial charge is 0.368 e. The third-order valence-corrected chi connectivity index (χ3v) is 6.76. The lowest BCUT2D eigenvalue weighted by Crippen LogP contribution is -2.61. The smallest absolute Gasteiger partial charge is 0.282 e. The summed E-state index contributed by atoms with van der Waals surface area (Å²) in [6, 6.07) is 5.91. The maximum atomic E-state index is 12.5. The molecule has 1 amide bonds. The molecule has 0 atom stereocenters. The second kappa shape index (κ2) is 7.72. The van der Waals surface area contributed by atoms with E-state index in [2.05, 4.69) is 47.0 Å². The van der Waals surface area contributed by atoms with Gasteiger partial charge in [-0.25, -0.2) is 15.4 Å². The SMILES string of the molecule is O=C1NNC2(CCCCC2)n2c1cc1cnc(Nc3ccc(N4CCNCC4)cn3)nc12. The maximum absolute atomic E-state index is 12.5. The number of pyridine rings is 1. The van der Waals surface area contributed by atoms with Gasteiger partial charge in [-0.3, -0.25) is 10.2 Å². The van der Waals surface area contributed by atoms with Gasteiger partial charge in [-0.1, -0.05) is 6.42 Å². The lowest BCUT2D eigenvalue weighted by molar-refractivity contribution is 0.0649. The Hall–Kier alpha value is -3.24. The van der Waals surface area contributed by atoms with Gasteiger partial charge in [-0.2, -0.15) is 4.98 Å². The highest BCUT2D eigenvalue weighted by Crippen LogP contribution is 2.38. The highest BCUT2D eigenvalue weighted by molar-refractivity contribution is 5.98. The van der Waals surface area contributed by atoms with Gasteiger partial charge in [0.25, 0.3) is 5.91 Å². The lowest BCUT2D eigenvalue weighted by Gasteiger charge is -2.43. The molecule has 3 aromatic heterocycles. The molecule has 2 fully saturated rings. The number of aromatic nitrogens is 4. The topological polar surface area (TPSA) is 112 Å². The molecule has 6 rings (SSSR count). The van der Waals surface area contributed by atoms with Crippen LogP contribution in [-0.4, -0.2) is 51.6 Å². The summed E-state index contributed by atoms with van der Waals surface area (Å²) >= 11 is 0. The molecule has 1 spiro atoms. The summed E-state index contributed by atoms with van der Waals surface area (Å²) in [7, 11) is 0. The fraction of sp³-hybridized carbons (Fsp3) is 0.455. The Morgan fingerprint density at radius 1 is 1.03 bits per heavy atom. The molecule has 4 N–H and O–H groups in total. The quantitative estimate of drug-likeness (QED) is 0.495. The van der Waals surface area contributed by atoms with Crippen LogP contribution in [0.5, 0.6) is 0 Å². The first-order chi connectivity index (χ1) is 15.7. The molecular weight excluding hydrogens is 406 g/mol. The van der Waals surface area contributed by atoms with Crippen LogP contribution < -0.4 is 26.4 Å². The van der Waals surface area contributed by atoms with Crippen molar-refractivity contribution in [1.29, 1.82) is 0 Å². The molecular formula is C22H27N9O. The van der Waals surface area contributed by atoms with Crippen LogP contribution in [0.25, 0.3) is 11.0 Å². The molecule has 32 heavy (non-hydrogen) atoms. The van der Waals surface area contributed by atoms with Crippen LogP contribution >= 0.6 is 0 Å². The van der Waals surface area contributed by atoms with Crippen LogP contribution in [0.4, 0.5) is 17.5 Å². The standard InChI is InChI=1S/C22H27N9O/c32-20-17-12-15-13-25-21(26-18-5-4-16(14-24-18)30-10-8-23-9-11-30)27-19(15)31(17)22(29-28-20)6-2-1-3-7-22/h4-5,12-14,23,29H,1-3,6-11H2,(H,28,32)(H,24,25,26,27). The number of carbonyl (C=O) groups excluding carboxylic acids is 1. The van der Waals surface area contributed by atoms with Crippen molar-refractivity contribution in [2.75, 3.05) is 36.4 Å². The van der Waals surface area contributed by atoms with Gasteiger partial charge in [0, 0.05) is 37.8 Å². The normalized spacial score (nSPS) is 20.2. The first kappa shape index (κ1) is 19.4. The molecule has 0 bridgehead atoms. The molecule has 1 saturated heterocycles. The van der Waals surface area contributed by atoms with Gasteiger partial charge in [-0.15, -0.1) is 0 Å². The molecule has 0 unspecified atom stereocenters. The van der Waals surface area contributed by atoms with Gasteiger partial charge < -0.3 is 20.1 Å². The summed E-state index contributed by atoms with van der Waals surface area (Å²) in [5.74, 6) is 1.02. The monoisotopic (exact) mass is 433 g/mol. The van der Waals surface area contributed by atoms with Crippen LogP contribution in [-0.2, 0) is 5.66 Å². The summed E-state index contributed by atoms with van der Waals surface area (Å²) in [4.78, 5) is 28.7. The zero-order valence-corrected chi connectivity index (χ0v) is 17.9. The van der Waals surface area contributed by atoms with Crippen LogP contribution in [0.3, 0.4) is 0 Å². The number of amides is 1. The Labute approximate surface area is 185 Å². The van der Waals surface area contributed by atoms with Crippen molar-refractivity contribution in [1.82, 2.24) is 35.7 Å². The van der Waals surface area contributed by atoms with Crippen molar-refractivity contribution in [3.8, 4) is 0 Å². The molecule has 0 radical (unpaired) electrons. The van der Waals surface area contributed by atoms with Crippen molar-refractivity contribution in [3.05, 3.63) is 36.3 Å². The number of carbonyl (C=O) groups is 1. The van der Waals surface area contributed by atoms with Crippen LogP contribution in [0.15, 0.2) is 30.6 Å². The fourth-order valence-corrected chi connectivity index (χ4v) is 5.11. The molecule has 10 nitrogen and oxygen atoms in total. The van der Waals surface area contributed by atoms with Crippen molar-refractivity contribution in [2.45, 2.75) is 37.8 Å². The average molecular weight is 434 g/mol. The zero-order valence-electron chi connectivity index (χ0n) is 17.9. The summed E-state index contributed by atoms with van der Waals surface area (Å²) in [6.45, 7) is 3.95. The van der Waals surface area contributed by atoms with E-state index in [-0.39, 0.29) is 11.6 Å². The van der Waals surface area contributed by atoms with E-state index in [0.29, 0.717) is 17.5 Å². The first-order valence-corrected chi connectivity index (χ1v) is 11.4.